The number of hydrogen-bond donors (Lipinski definition) is 1. The van der Waals surface area contributed by atoms with Crippen LogP contribution in [0, 0.1) is 13.8 Å². The van der Waals surface area contributed by atoms with Crippen LogP contribution in [0.25, 0.3) is 22.4 Å². The Bertz CT molecular complexity index is 1130. The van der Waals surface area contributed by atoms with Crippen LogP contribution in [0.5, 0.6) is 0 Å². The van der Waals surface area contributed by atoms with Crippen molar-refractivity contribution >= 4 is 22.5 Å². The molecule has 0 saturated heterocycles. The maximum Gasteiger partial charge on any atom is 0.230 e. The van der Waals surface area contributed by atoms with Gasteiger partial charge in [0.05, 0.1) is 23.3 Å². The molecule has 0 saturated carbocycles. The number of carbonyl (C=O) groups is 1. The third kappa shape index (κ3) is 3.44. The first kappa shape index (κ1) is 17.0. The molecule has 0 fully saturated rings. The Morgan fingerprint density at radius 2 is 1.85 bits per heavy atom. The largest absolute Gasteiger partial charge is 0.441 e. The minimum absolute atomic E-state index is 0.143. The summed E-state index contributed by atoms with van der Waals surface area (Å²) in [5, 5.41) is 3.92. The van der Waals surface area contributed by atoms with Crippen molar-refractivity contribution in [3.8, 4) is 11.5 Å². The van der Waals surface area contributed by atoms with E-state index in [9.17, 15) is 4.79 Å². The van der Waals surface area contributed by atoms with Crippen LogP contribution in [-0.4, -0.2) is 15.9 Å². The Morgan fingerprint density at radius 1 is 1.04 bits per heavy atom. The van der Waals surface area contributed by atoms with Crippen LogP contribution in [0.4, 0.5) is 5.69 Å². The van der Waals surface area contributed by atoms with E-state index in [1.54, 1.807) is 6.20 Å². The smallest absolute Gasteiger partial charge is 0.230 e. The number of rotatable bonds is 4. The molecule has 5 heteroatoms. The summed E-state index contributed by atoms with van der Waals surface area (Å²) in [5.74, 6) is 1.04. The molecule has 0 atom stereocenters. The molecule has 27 heavy (non-hydrogen) atoms. The minimum Gasteiger partial charge on any atom is -0.441 e. The molecule has 2 aromatic carbocycles. The summed E-state index contributed by atoms with van der Waals surface area (Å²) >= 11 is 0. The molecule has 0 unspecified atom stereocenters. The predicted molar refractivity (Wildman–Crippen MR) is 105 cm³/mol. The first-order valence-corrected chi connectivity index (χ1v) is 8.78. The van der Waals surface area contributed by atoms with Gasteiger partial charge in [0.2, 0.25) is 11.8 Å². The van der Waals surface area contributed by atoms with Crippen molar-refractivity contribution in [2.24, 2.45) is 0 Å². The molecule has 0 aliphatic rings. The van der Waals surface area contributed by atoms with Gasteiger partial charge in [-0.2, -0.15) is 0 Å². The standard InChI is InChI=1S/C22H19N3O2/c1-14-7-3-4-10-17(14)22-25-19(15(2)27-22)13-20(26)24-18-11-5-8-16-9-6-12-23-21(16)18/h3-12H,13H2,1-2H3,(H,24,26). The van der Waals surface area contributed by atoms with Crippen LogP contribution in [0.15, 0.2) is 65.2 Å². The molecule has 5 nitrogen and oxygen atoms in total. The van der Waals surface area contributed by atoms with Crippen molar-refractivity contribution in [3.63, 3.8) is 0 Å². The van der Waals surface area contributed by atoms with Crippen molar-refractivity contribution < 1.29 is 9.21 Å². The van der Waals surface area contributed by atoms with Crippen LogP contribution >= 0.6 is 0 Å². The lowest BCUT2D eigenvalue weighted by molar-refractivity contribution is -0.115. The molecule has 0 aliphatic carbocycles. The summed E-state index contributed by atoms with van der Waals surface area (Å²) in [4.78, 5) is 21.5. The van der Waals surface area contributed by atoms with E-state index in [1.807, 2.05) is 68.4 Å². The number of aryl methyl sites for hydroxylation is 2. The van der Waals surface area contributed by atoms with Gasteiger partial charge in [0.1, 0.15) is 5.76 Å². The number of para-hydroxylation sites is 1. The zero-order valence-corrected chi connectivity index (χ0v) is 15.2. The van der Waals surface area contributed by atoms with Gasteiger partial charge in [-0.15, -0.1) is 0 Å². The van der Waals surface area contributed by atoms with Crippen molar-refractivity contribution in [2.45, 2.75) is 20.3 Å². The number of nitrogens with zero attached hydrogens (tertiary/aromatic N) is 2. The zero-order valence-electron chi connectivity index (χ0n) is 15.2. The summed E-state index contributed by atoms with van der Waals surface area (Å²) in [5.41, 5.74) is 4.12. The van der Waals surface area contributed by atoms with Crippen LogP contribution in [0.1, 0.15) is 17.0 Å². The average molecular weight is 357 g/mol. The van der Waals surface area contributed by atoms with Gasteiger partial charge < -0.3 is 9.73 Å². The zero-order chi connectivity index (χ0) is 18.8. The number of hydrogen-bond acceptors (Lipinski definition) is 4. The molecule has 2 heterocycles. The van der Waals surface area contributed by atoms with Gasteiger partial charge in [0.15, 0.2) is 0 Å². The molecule has 1 amide bonds. The Hall–Kier alpha value is -3.47. The number of oxazole rings is 1. The van der Waals surface area contributed by atoms with Gasteiger partial charge >= 0.3 is 0 Å². The fourth-order valence-corrected chi connectivity index (χ4v) is 3.07. The maximum atomic E-state index is 12.6. The Balaban J connectivity index is 1.56. The molecular formula is C22H19N3O2. The molecule has 1 N–H and O–H groups in total. The lowest BCUT2D eigenvalue weighted by Crippen LogP contribution is -2.15. The van der Waals surface area contributed by atoms with Gasteiger partial charge in [0.25, 0.3) is 0 Å². The Kier molecular flexibility index (Phi) is 4.42. The van der Waals surface area contributed by atoms with Crippen molar-refractivity contribution in [2.75, 3.05) is 5.32 Å². The number of amides is 1. The highest BCUT2D eigenvalue weighted by Crippen LogP contribution is 2.25. The maximum absolute atomic E-state index is 12.6. The lowest BCUT2D eigenvalue weighted by atomic mass is 10.1. The fourth-order valence-electron chi connectivity index (χ4n) is 3.07. The van der Waals surface area contributed by atoms with Crippen molar-refractivity contribution in [1.82, 2.24) is 9.97 Å². The van der Waals surface area contributed by atoms with E-state index in [4.69, 9.17) is 4.42 Å². The van der Waals surface area contributed by atoms with E-state index in [0.717, 1.165) is 22.0 Å². The summed E-state index contributed by atoms with van der Waals surface area (Å²) in [7, 11) is 0. The van der Waals surface area contributed by atoms with Crippen LogP contribution in [-0.2, 0) is 11.2 Å². The quantitative estimate of drug-likeness (QED) is 0.575. The van der Waals surface area contributed by atoms with E-state index < -0.39 is 0 Å². The number of pyridine rings is 1. The van der Waals surface area contributed by atoms with Gasteiger partial charge in [0, 0.05) is 17.1 Å². The monoisotopic (exact) mass is 357 g/mol. The number of carbonyl (C=O) groups excluding carboxylic acids is 1. The number of fused-ring (bicyclic) bond motifs is 1. The summed E-state index contributed by atoms with van der Waals surface area (Å²) in [6.45, 7) is 3.84. The SMILES string of the molecule is Cc1ccccc1-c1nc(CC(=O)Nc2cccc3cccnc23)c(C)o1. The third-order valence-electron chi connectivity index (χ3n) is 4.50. The molecule has 134 valence electrons. The summed E-state index contributed by atoms with van der Waals surface area (Å²) in [6, 6.07) is 17.4. The number of anilines is 1. The highest BCUT2D eigenvalue weighted by Gasteiger charge is 2.16. The Labute approximate surface area is 157 Å². The van der Waals surface area contributed by atoms with E-state index >= 15 is 0 Å². The molecule has 4 rings (SSSR count). The molecule has 4 aromatic rings. The van der Waals surface area contributed by atoms with Crippen molar-refractivity contribution in [3.05, 3.63) is 77.8 Å². The normalized spacial score (nSPS) is 10.9. The number of benzene rings is 2. The van der Waals surface area contributed by atoms with Gasteiger partial charge in [-0.3, -0.25) is 9.78 Å². The van der Waals surface area contributed by atoms with E-state index in [2.05, 4.69) is 15.3 Å². The van der Waals surface area contributed by atoms with Crippen molar-refractivity contribution in [1.29, 1.82) is 0 Å². The van der Waals surface area contributed by atoms with Crippen LogP contribution in [0.3, 0.4) is 0 Å². The van der Waals surface area contributed by atoms with Gasteiger partial charge in [-0.25, -0.2) is 4.98 Å². The van der Waals surface area contributed by atoms with E-state index in [1.165, 1.54) is 0 Å². The molecule has 0 radical (unpaired) electrons. The summed E-state index contributed by atoms with van der Waals surface area (Å²) < 4.78 is 5.80. The second kappa shape index (κ2) is 7.03. The van der Waals surface area contributed by atoms with Crippen LogP contribution in [0.2, 0.25) is 0 Å². The lowest BCUT2D eigenvalue weighted by Gasteiger charge is -2.07. The second-order valence-corrected chi connectivity index (χ2v) is 6.44. The molecular weight excluding hydrogens is 338 g/mol. The number of nitrogens with one attached hydrogen (secondary N) is 1. The van der Waals surface area contributed by atoms with E-state index in [-0.39, 0.29) is 12.3 Å². The highest BCUT2D eigenvalue weighted by atomic mass is 16.4. The minimum atomic E-state index is -0.152. The number of aromatic nitrogens is 2. The predicted octanol–water partition coefficient (Wildman–Crippen LogP) is 4.69. The fraction of sp³-hybridized carbons (Fsp3) is 0.136. The summed E-state index contributed by atoms with van der Waals surface area (Å²) in [6.07, 6.45) is 1.86. The van der Waals surface area contributed by atoms with E-state index in [0.29, 0.717) is 23.0 Å². The van der Waals surface area contributed by atoms with Gasteiger partial charge in [-0.05, 0) is 37.6 Å². The second-order valence-electron chi connectivity index (χ2n) is 6.44. The third-order valence-corrected chi connectivity index (χ3v) is 4.50. The molecule has 0 aliphatic heterocycles. The topological polar surface area (TPSA) is 68.0 Å². The van der Waals surface area contributed by atoms with Crippen LogP contribution < -0.4 is 5.32 Å². The first-order chi connectivity index (χ1) is 13.1. The first-order valence-electron chi connectivity index (χ1n) is 8.78. The molecule has 2 aromatic heterocycles. The van der Waals surface area contributed by atoms with Gasteiger partial charge in [-0.1, -0.05) is 36.4 Å². The Morgan fingerprint density at radius 3 is 2.70 bits per heavy atom. The molecule has 0 bridgehead atoms. The average Bonchev–Trinajstić information content (AvgIpc) is 3.02. The molecule has 0 spiro atoms. The highest BCUT2D eigenvalue weighted by molar-refractivity contribution is 6.00.